The lowest BCUT2D eigenvalue weighted by Gasteiger charge is -2.33. The zero-order valence-corrected chi connectivity index (χ0v) is 14.1. The van der Waals surface area contributed by atoms with Gasteiger partial charge in [0.15, 0.2) is 5.13 Å². The Balaban J connectivity index is 1.73. The fourth-order valence-corrected chi connectivity index (χ4v) is 4.27. The third-order valence-corrected chi connectivity index (χ3v) is 5.67. The van der Waals surface area contributed by atoms with Crippen LogP contribution < -0.4 is 5.32 Å². The predicted molar refractivity (Wildman–Crippen MR) is 87.2 cm³/mol. The van der Waals surface area contributed by atoms with Crippen molar-refractivity contribution >= 4 is 33.7 Å². The summed E-state index contributed by atoms with van der Waals surface area (Å²) in [7, 11) is 0. The van der Waals surface area contributed by atoms with Crippen LogP contribution >= 0.6 is 22.7 Å². The molecule has 21 heavy (non-hydrogen) atoms. The number of amides is 1. The summed E-state index contributed by atoms with van der Waals surface area (Å²) in [6, 6.07) is 0. The van der Waals surface area contributed by atoms with E-state index in [2.05, 4.69) is 36.1 Å². The number of aromatic nitrogens is 2. The Morgan fingerprint density at radius 2 is 2.24 bits per heavy atom. The van der Waals surface area contributed by atoms with Gasteiger partial charge in [-0.15, -0.1) is 22.7 Å². The van der Waals surface area contributed by atoms with E-state index in [4.69, 9.17) is 0 Å². The fourth-order valence-electron chi connectivity index (χ4n) is 2.65. The molecule has 6 heteroatoms. The van der Waals surface area contributed by atoms with Gasteiger partial charge in [0.25, 0.3) is 5.91 Å². The topological polar surface area (TPSA) is 54.9 Å². The van der Waals surface area contributed by atoms with Crippen LogP contribution in [0.2, 0.25) is 0 Å². The van der Waals surface area contributed by atoms with Crippen LogP contribution in [0, 0.1) is 11.3 Å². The van der Waals surface area contributed by atoms with Crippen molar-refractivity contribution in [1.29, 1.82) is 0 Å². The van der Waals surface area contributed by atoms with Crippen LogP contribution in [0.15, 0.2) is 10.9 Å². The van der Waals surface area contributed by atoms with Gasteiger partial charge in [-0.1, -0.05) is 20.8 Å². The zero-order valence-electron chi connectivity index (χ0n) is 12.5. The van der Waals surface area contributed by atoms with Crippen molar-refractivity contribution in [2.75, 3.05) is 5.32 Å². The first-order chi connectivity index (χ1) is 9.93. The van der Waals surface area contributed by atoms with Crippen LogP contribution in [-0.4, -0.2) is 15.9 Å². The second-order valence-corrected chi connectivity index (χ2v) is 8.32. The van der Waals surface area contributed by atoms with Gasteiger partial charge in [-0.3, -0.25) is 10.1 Å². The lowest BCUT2D eigenvalue weighted by molar-refractivity contribution is 0.102. The molecule has 1 amide bonds. The van der Waals surface area contributed by atoms with Gasteiger partial charge in [0.1, 0.15) is 5.69 Å². The molecular formula is C15H19N3OS2. The van der Waals surface area contributed by atoms with Crippen molar-refractivity contribution in [2.24, 2.45) is 11.3 Å². The smallest absolute Gasteiger partial charge is 0.276 e. The molecule has 0 spiro atoms. The first-order valence-corrected chi connectivity index (χ1v) is 8.87. The van der Waals surface area contributed by atoms with Crippen LogP contribution in [0.5, 0.6) is 0 Å². The number of rotatable bonds is 2. The zero-order chi connectivity index (χ0) is 15.0. The van der Waals surface area contributed by atoms with E-state index in [0.717, 1.165) is 18.5 Å². The molecular weight excluding hydrogens is 302 g/mol. The first-order valence-electron chi connectivity index (χ1n) is 7.11. The molecule has 1 aliphatic rings. The minimum Gasteiger partial charge on any atom is -0.296 e. The molecule has 0 aromatic carbocycles. The number of aryl methyl sites for hydroxylation is 1. The second kappa shape index (κ2) is 5.50. The minimum atomic E-state index is -0.172. The van der Waals surface area contributed by atoms with E-state index in [-0.39, 0.29) is 5.91 Å². The Labute approximate surface area is 132 Å². The molecule has 4 nitrogen and oxygen atoms in total. The van der Waals surface area contributed by atoms with Crippen LogP contribution in [0.3, 0.4) is 0 Å². The number of nitrogens with one attached hydrogen (secondary N) is 1. The maximum Gasteiger partial charge on any atom is 0.276 e. The standard InChI is InChI=1S/C15H19N3OS2/c1-15(2,3)9-4-5-10-12(6-9)21-14(17-10)18-13(19)11-7-20-8-16-11/h7-9H,4-6H2,1-3H3,(H,17,18,19). The maximum absolute atomic E-state index is 12.0. The quantitative estimate of drug-likeness (QED) is 0.909. The summed E-state index contributed by atoms with van der Waals surface area (Å²) in [5.74, 6) is 0.516. The second-order valence-electron chi connectivity index (χ2n) is 6.52. The van der Waals surface area contributed by atoms with Gasteiger partial charge >= 0.3 is 0 Å². The molecule has 1 atom stereocenters. The third-order valence-electron chi connectivity index (χ3n) is 4.05. The molecule has 0 radical (unpaired) electrons. The molecule has 0 aliphatic heterocycles. The van der Waals surface area contributed by atoms with Gasteiger partial charge in [-0.25, -0.2) is 9.97 Å². The molecule has 3 rings (SSSR count). The van der Waals surface area contributed by atoms with E-state index in [1.165, 1.54) is 22.6 Å². The Kier molecular flexibility index (Phi) is 3.84. The summed E-state index contributed by atoms with van der Waals surface area (Å²) in [5.41, 5.74) is 3.61. The Morgan fingerprint density at radius 3 is 2.90 bits per heavy atom. The summed E-state index contributed by atoms with van der Waals surface area (Å²) >= 11 is 3.03. The van der Waals surface area contributed by atoms with E-state index in [1.54, 1.807) is 22.2 Å². The molecule has 2 aromatic heterocycles. The molecule has 2 heterocycles. The lowest BCUT2D eigenvalue weighted by Crippen LogP contribution is -2.26. The summed E-state index contributed by atoms with van der Waals surface area (Å²) in [6.45, 7) is 6.90. The van der Waals surface area contributed by atoms with Crippen LogP contribution in [0.1, 0.15) is 48.3 Å². The van der Waals surface area contributed by atoms with Crippen LogP contribution in [0.25, 0.3) is 0 Å². The highest BCUT2D eigenvalue weighted by Gasteiger charge is 2.30. The third kappa shape index (κ3) is 3.16. The number of fused-ring (bicyclic) bond motifs is 1. The van der Waals surface area contributed by atoms with E-state index in [1.807, 2.05) is 0 Å². The van der Waals surface area contributed by atoms with Crippen molar-refractivity contribution in [3.63, 3.8) is 0 Å². The van der Waals surface area contributed by atoms with E-state index in [0.29, 0.717) is 22.2 Å². The number of thiazole rings is 2. The van der Waals surface area contributed by atoms with E-state index in [9.17, 15) is 4.79 Å². The summed E-state index contributed by atoms with van der Waals surface area (Å²) in [5, 5.41) is 5.32. The van der Waals surface area contributed by atoms with Gasteiger partial charge in [-0.2, -0.15) is 0 Å². The largest absolute Gasteiger partial charge is 0.296 e. The summed E-state index contributed by atoms with van der Waals surface area (Å²) in [4.78, 5) is 21.9. The molecule has 0 bridgehead atoms. The summed E-state index contributed by atoms with van der Waals surface area (Å²) < 4.78 is 0. The predicted octanol–water partition coefficient (Wildman–Crippen LogP) is 4.00. The van der Waals surface area contributed by atoms with Crippen LogP contribution in [0.4, 0.5) is 5.13 Å². The van der Waals surface area contributed by atoms with E-state index >= 15 is 0 Å². The van der Waals surface area contributed by atoms with Crippen LogP contribution in [-0.2, 0) is 12.8 Å². The Bertz CT molecular complexity index is 640. The molecule has 1 N–H and O–H groups in total. The van der Waals surface area contributed by atoms with Crippen molar-refractivity contribution in [1.82, 2.24) is 9.97 Å². The molecule has 1 unspecified atom stereocenters. The molecule has 112 valence electrons. The van der Waals surface area contributed by atoms with Gasteiger partial charge in [-0.05, 0) is 30.6 Å². The van der Waals surface area contributed by atoms with Gasteiger partial charge in [0.05, 0.1) is 11.2 Å². The van der Waals surface area contributed by atoms with Gasteiger partial charge in [0.2, 0.25) is 0 Å². The minimum absolute atomic E-state index is 0.172. The number of anilines is 1. The molecule has 0 saturated heterocycles. The van der Waals surface area contributed by atoms with Crippen molar-refractivity contribution < 1.29 is 4.79 Å². The van der Waals surface area contributed by atoms with Gasteiger partial charge < -0.3 is 0 Å². The Hall–Kier alpha value is -1.27. The highest BCUT2D eigenvalue weighted by Crippen LogP contribution is 2.40. The van der Waals surface area contributed by atoms with Crippen molar-refractivity contribution in [2.45, 2.75) is 40.0 Å². The number of hydrogen-bond donors (Lipinski definition) is 1. The molecule has 0 fully saturated rings. The normalized spacial score (nSPS) is 18.3. The summed E-state index contributed by atoms with van der Waals surface area (Å²) in [6.07, 6.45) is 3.27. The molecule has 0 saturated carbocycles. The lowest BCUT2D eigenvalue weighted by atomic mass is 9.73. The van der Waals surface area contributed by atoms with Gasteiger partial charge in [0, 0.05) is 10.3 Å². The highest BCUT2D eigenvalue weighted by molar-refractivity contribution is 7.16. The number of nitrogens with zero attached hydrogens (tertiary/aromatic N) is 2. The molecule has 2 aromatic rings. The van der Waals surface area contributed by atoms with Crippen molar-refractivity contribution in [3.8, 4) is 0 Å². The SMILES string of the molecule is CC(C)(C)C1CCc2nc(NC(=O)c3cscn3)sc2C1. The fraction of sp³-hybridized carbons (Fsp3) is 0.533. The Morgan fingerprint density at radius 1 is 1.43 bits per heavy atom. The first kappa shape index (κ1) is 14.7. The number of hydrogen-bond acceptors (Lipinski definition) is 5. The number of carbonyl (C=O) groups excluding carboxylic acids is 1. The molecule has 1 aliphatic carbocycles. The average Bonchev–Trinajstić information content (AvgIpc) is 3.05. The van der Waals surface area contributed by atoms with E-state index < -0.39 is 0 Å². The number of carbonyl (C=O) groups is 1. The maximum atomic E-state index is 12.0. The average molecular weight is 321 g/mol. The highest BCUT2D eigenvalue weighted by atomic mass is 32.1. The van der Waals surface area contributed by atoms with Crippen molar-refractivity contribution in [3.05, 3.63) is 27.2 Å². The monoisotopic (exact) mass is 321 g/mol.